The van der Waals surface area contributed by atoms with Crippen molar-refractivity contribution in [1.29, 1.82) is 0 Å². The third kappa shape index (κ3) is 3.94. The fourth-order valence-electron chi connectivity index (χ4n) is 4.64. The average molecular weight is 427 g/mol. The number of hydrogen-bond donors (Lipinski definition) is 1. The zero-order valence-electron chi connectivity index (χ0n) is 17.6. The van der Waals surface area contributed by atoms with Gasteiger partial charge in [-0.25, -0.2) is 9.98 Å². The molecular weight excluding hydrogens is 396 g/mol. The third-order valence-corrected chi connectivity index (χ3v) is 7.52. The number of anilines is 1. The smallest absolute Gasteiger partial charge is 0.147 e. The lowest BCUT2D eigenvalue weighted by Crippen LogP contribution is -2.47. The standard InChI is InChI=1S/C21H30N8S/c1-26-8-3-16-17(14-26)30-21-19(16)20(22)29(15-25-21)7-2-6-27-9-11-28(12-10-27)18-13-23-4-5-24-18/h4-5,13,15,20H,2-3,6-12,14,22H2,1H3. The number of piperazine rings is 1. The molecule has 0 saturated carbocycles. The molecule has 2 aromatic heterocycles. The summed E-state index contributed by atoms with van der Waals surface area (Å²) in [5, 5.41) is 1.12. The number of nitrogens with two attached hydrogens (primary N) is 1. The molecule has 5 heterocycles. The van der Waals surface area contributed by atoms with Gasteiger partial charge in [-0.2, -0.15) is 0 Å². The Kier molecular flexibility index (Phi) is 5.68. The van der Waals surface area contributed by atoms with Gasteiger partial charge >= 0.3 is 0 Å². The van der Waals surface area contributed by atoms with Gasteiger partial charge in [0, 0.05) is 68.6 Å². The average Bonchev–Trinajstić information content (AvgIpc) is 3.14. The van der Waals surface area contributed by atoms with Gasteiger partial charge in [0.1, 0.15) is 17.0 Å². The van der Waals surface area contributed by atoms with Gasteiger partial charge in [0.05, 0.1) is 12.5 Å². The van der Waals surface area contributed by atoms with Crippen LogP contribution in [0.3, 0.4) is 0 Å². The molecule has 0 amide bonds. The molecule has 2 N–H and O–H groups in total. The van der Waals surface area contributed by atoms with Crippen molar-refractivity contribution in [2.45, 2.75) is 25.6 Å². The van der Waals surface area contributed by atoms with Gasteiger partial charge in [0.25, 0.3) is 0 Å². The molecule has 1 atom stereocenters. The van der Waals surface area contributed by atoms with E-state index in [1.165, 1.54) is 16.0 Å². The van der Waals surface area contributed by atoms with E-state index in [0.29, 0.717) is 0 Å². The van der Waals surface area contributed by atoms with Crippen LogP contribution in [0.1, 0.15) is 28.6 Å². The van der Waals surface area contributed by atoms with Crippen LogP contribution in [0.5, 0.6) is 0 Å². The first kappa shape index (κ1) is 19.9. The number of hydrogen-bond acceptors (Lipinski definition) is 9. The van der Waals surface area contributed by atoms with Crippen molar-refractivity contribution in [1.82, 2.24) is 24.7 Å². The Labute approximate surface area is 182 Å². The number of likely N-dealkylation sites (N-methyl/N-ethyl adjacent to an activating group) is 1. The minimum atomic E-state index is -0.0607. The number of fused-ring (bicyclic) bond motifs is 3. The van der Waals surface area contributed by atoms with Gasteiger partial charge in [-0.3, -0.25) is 9.88 Å². The molecule has 9 heteroatoms. The molecule has 3 aliphatic rings. The quantitative estimate of drug-likeness (QED) is 0.779. The zero-order chi connectivity index (χ0) is 20.5. The van der Waals surface area contributed by atoms with Gasteiger partial charge in [-0.1, -0.05) is 0 Å². The Bertz CT molecular complexity index is 890. The van der Waals surface area contributed by atoms with Gasteiger partial charge in [-0.15, -0.1) is 11.3 Å². The maximum absolute atomic E-state index is 6.69. The van der Waals surface area contributed by atoms with Crippen LogP contribution in [0.4, 0.5) is 10.8 Å². The molecule has 3 aliphatic heterocycles. The number of thiophene rings is 1. The lowest BCUT2D eigenvalue weighted by Gasteiger charge is -2.36. The van der Waals surface area contributed by atoms with Crippen molar-refractivity contribution in [3.05, 3.63) is 34.6 Å². The first-order valence-electron chi connectivity index (χ1n) is 10.8. The monoisotopic (exact) mass is 426 g/mol. The number of rotatable bonds is 5. The van der Waals surface area contributed by atoms with E-state index < -0.39 is 0 Å². The van der Waals surface area contributed by atoms with E-state index in [4.69, 9.17) is 10.7 Å². The molecule has 0 spiro atoms. The van der Waals surface area contributed by atoms with Crippen molar-refractivity contribution >= 4 is 28.5 Å². The van der Waals surface area contributed by atoms with E-state index in [1.807, 2.05) is 23.9 Å². The summed E-state index contributed by atoms with van der Waals surface area (Å²) in [7, 11) is 2.18. The predicted octanol–water partition coefficient (Wildman–Crippen LogP) is 1.67. The highest BCUT2D eigenvalue weighted by atomic mass is 32.1. The number of nitrogens with zero attached hydrogens (tertiary/aromatic N) is 7. The fraction of sp³-hybridized carbons (Fsp3) is 0.571. The Balaban J connectivity index is 1.12. The Morgan fingerprint density at radius 1 is 1.13 bits per heavy atom. The maximum Gasteiger partial charge on any atom is 0.147 e. The van der Waals surface area contributed by atoms with Gasteiger partial charge in [0.2, 0.25) is 0 Å². The van der Waals surface area contributed by atoms with Crippen LogP contribution in [0.15, 0.2) is 23.6 Å². The second-order valence-electron chi connectivity index (χ2n) is 8.38. The van der Waals surface area contributed by atoms with E-state index in [-0.39, 0.29) is 6.17 Å². The summed E-state index contributed by atoms with van der Waals surface area (Å²) < 4.78 is 0. The molecule has 0 bridgehead atoms. The molecule has 2 aromatic rings. The van der Waals surface area contributed by atoms with Crippen LogP contribution in [0.2, 0.25) is 0 Å². The largest absolute Gasteiger partial charge is 0.353 e. The van der Waals surface area contributed by atoms with Crippen LogP contribution in [-0.4, -0.2) is 83.9 Å². The summed E-state index contributed by atoms with van der Waals surface area (Å²) in [5.41, 5.74) is 9.43. The van der Waals surface area contributed by atoms with Gasteiger partial charge in [-0.05, 0) is 32.0 Å². The summed E-state index contributed by atoms with van der Waals surface area (Å²) in [6.45, 7) is 8.29. The molecular formula is C21H30N8S. The minimum absolute atomic E-state index is 0.0607. The highest BCUT2D eigenvalue weighted by Gasteiger charge is 2.30. The SMILES string of the molecule is CN1CCc2c(sc3c2C(N)N(CCCN2CCN(c4cnccn4)CC2)C=N3)C1. The molecule has 1 saturated heterocycles. The first-order chi connectivity index (χ1) is 14.7. The van der Waals surface area contributed by atoms with Crippen molar-refractivity contribution < 1.29 is 0 Å². The summed E-state index contributed by atoms with van der Waals surface area (Å²) in [5.74, 6) is 0.980. The number of aromatic nitrogens is 2. The Morgan fingerprint density at radius 2 is 2.00 bits per heavy atom. The maximum atomic E-state index is 6.69. The molecule has 0 aromatic carbocycles. The van der Waals surface area contributed by atoms with Crippen molar-refractivity contribution in [3.63, 3.8) is 0 Å². The second kappa shape index (κ2) is 8.58. The normalized spacial score (nSPS) is 22.3. The summed E-state index contributed by atoms with van der Waals surface area (Å²) >= 11 is 1.82. The summed E-state index contributed by atoms with van der Waals surface area (Å²) in [6.07, 6.45) is 9.42. The molecule has 8 nitrogen and oxygen atoms in total. The third-order valence-electron chi connectivity index (χ3n) is 6.38. The molecule has 0 radical (unpaired) electrons. The highest BCUT2D eigenvalue weighted by molar-refractivity contribution is 7.16. The molecule has 5 rings (SSSR count). The van der Waals surface area contributed by atoms with Crippen LogP contribution in [0, 0.1) is 0 Å². The molecule has 0 aliphatic carbocycles. The molecule has 1 unspecified atom stereocenters. The van der Waals surface area contributed by atoms with Crippen LogP contribution < -0.4 is 10.6 Å². The van der Waals surface area contributed by atoms with Crippen molar-refractivity contribution in [2.75, 3.05) is 57.8 Å². The summed E-state index contributed by atoms with van der Waals surface area (Å²) in [4.78, 5) is 24.2. The first-order valence-corrected chi connectivity index (χ1v) is 11.6. The molecule has 30 heavy (non-hydrogen) atoms. The van der Waals surface area contributed by atoms with Gasteiger partial charge < -0.3 is 20.4 Å². The lowest BCUT2D eigenvalue weighted by molar-refractivity contribution is 0.234. The highest BCUT2D eigenvalue weighted by Crippen LogP contribution is 2.43. The Morgan fingerprint density at radius 3 is 2.80 bits per heavy atom. The number of aliphatic imine (C=N–C) groups is 1. The topological polar surface area (TPSA) is 77.1 Å². The minimum Gasteiger partial charge on any atom is -0.353 e. The van der Waals surface area contributed by atoms with E-state index in [9.17, 15) is 0 Å². The van der Waals surface area contributed by atoms with Crippen LogP contribution in [-0.2, 0) is 13.0 Å². The van der Waals surface area contributed by atoms with Crippen molar-refractivity contribution in [3.8, 4) is 0 Å². The van der Waals surface area contributed by atoms with Crippen LogP contribution >= 0.6 is 11.3 Å². The second-order valence-corrected chi connectivity index (χ2v) is 9.47. The van der Waals surface area contributed by atoms with Crippen LogP contribution in [0.25, 0.3) is 0 Å². The van der Waals surface area contributed by atoms with E-state index in [1.54, 1.807) is 12.4 Å². The lowest BCUT2D eigenvalue weighted by atomic mass is 10.00. The zero-order valence-corrected chi connectivity index (χ0v) is 18.4. The van der Waals surface area contributed by atoms with E-state index in [0.717, 1.165) is 76.0 Å². The van der Waals surface area contributed by atoms with Crippen molar-refractivity contribution in [2.24, 2.45) is 10.7 Å². The molecule has 160 valence electrons. The van der Waals surface area contributed by atoms with E-state index >= 15 is 0 Å². The predicted molar refractivity (Wildman–Crippen MR) is 121 cm³/mol. The van der Waals surface area contributed by atoms with E-state index in [2.05, 4.69) is 36.6 Å². The molecule has 1 fully saturated rings. The summed E-state index contributed by atoms with van der Waals surface area (Å²) in [6, 6.07) is 0. The van der Waals surface area contributed by atoms with Gasteiger partial charge in [0.15, 0.2) is 0 Å². The fourth-order valence-corrected chi connectivity index (χ4v) is 5.94. The Hall–Kier alpha value is -2.07.